The van der Waals surface area contributed by atoms with Crippen LogP contribution in [0.25, 0.3) is 0 Å². The summed E-state index contributed by atoms with van der Waals surface area (Å²) in [5, 5.41) is 2.80. The van der Waals surface area contributed by atoms with Crippen LogP contribution in [-0.4, -0.2) is 19.1 Å². The molecule has 1 N–H and O–H groups in total. The lowest BCUT2D eigenvalue weighted by molar-refractivity contribution is -0.118. The fourth-order valence-electron chi connectivity index (χ4n) is 1.91. The van der Waals surface area contributed by atoms with E-state index in [9.17, 15) is 4.79 Å². The standard InChI is InChI=1S/C17H19NO3/c1-3-20-15-9-4-5-10-16(15)21-12-17(19)18-14-8-6-7-13(2)11-14/h4-11H,3,12H2,1-2H3,(H,18,19). The smallest absolute Gasteiger partial charge is 0.262 e. The molecule has 0 saturated heterocycles. The molecule has 0 heterocycles. The monoisotopic (exact) mass is 285 g/mol. The molecule has 1 amide bonds. The van der Waals surface area contributed by atoms with Gasteiger partial charge in [0, 0.05) is 5.69 Å². The molecule has 0 unspecified atom stereocenters. The summed E-state index contributed by atoms with van der Waals surface area (Å²) < 4.78 is 11.0. The van der Waals surface area contributed by atoms with Gasteiger partial charge >= 0.3 is 0 Å². The minimum atomic E-state index is -0.202. The van der Waals surface area contributed by atoms with Gasteiger partial charge in [0.25, 0.3) is 5.91 Å². The van der Waals surface area contributed by atoms with Crippen LogP contribution in [-0.2, 0) is 4.79 Å². The number of amides is 1. The number of nitrogens with one attached hydrogen (secondary N) is 1. The molecule has 2 aromatic carbocycles. The van der Waals surface area contributed by atoms with Gasteiger partial charge in [0.05, 0.1) is 6.61 Å². The van der Waals surface area contributed by atoms with Crippen LogP contribution < -0.4 is 14.8 Å². The zero-order valence-electron chi connectivity index (χ0n) is 12.3. The molecule has 4 heteroatoms. The Labute approximate surface area is 124 Å². The average molecular weight is 285 g/mol. The predicted molar refractivity (Wildman–Crippen MR) is 82.9 cm³/mol. The summed E-state index contributed by atoms with van der Waals surface area (Å²) in [5.74, 6) is 1.01. The van der Waals surface area contributed by atoms with Gasteiger partial charge < -0.3 is 14.8 Å². The highest BCUT2D eigenvalue weighted by atomic mass is 16.5. The highest BCUT2D eigenvalue weighted by Gasteiger charge is 2.07. The van der Waals surface area contributed by atoms with E-state index in [1.165, 1.54) is 0 Å². The zero-order valence-corrected chi connectivity index (χ0v) is 12.3. The maximum absolute atomic E-state index is 11.9. The van der Waals surface area contributed by atoms with Crippen molar-refractivity contribution in [1.82, 2.24) is 0 Å². The largest absolute Gasteiger partial charge is 0.490 e. The molecule has 0 fully saturated rings. The predicted octanol–water partition coefficient (Wildman–Crippen LogP) is 3.41. The van der Waals surface area contributed by atoms with Gasteiger partial charge in [-0.1, -0.05) is 24.3 Å². The Balaban J connectivity index is 1.92. The molecule has 0 spiro atoms. The van der Waals surface area contributed by atoms with Crippen molar-refractivity contribution < 1.29 is 14.3 Å². The van der Waals surface area contributed by atoms with Gasteiger partial charge in [-0.15, -0.1) is 0 Å². The first-order valence-electron chi connectivity index (χ1n) is 6.90. The Kier molecular flexibility index (Phi) is 5.21. The lowest BCUT2D eigenvalue weighted by Crippen LogP contribution is -2.20. The van der Waals surface area contributed by atoms with E-state index in [-0.39, 0.29) is 12.5 Å². The van der Waals surface area contributed by atoms with Gasteiger partial charge in [-0.2, -0.15) is 0 Å². The maximum Gasteiger partial charge on any atom is 0.262 e. The van der Waals surface area contributed by atoms with Crippen molar-refractivity contribution in [2.45, 2.75) is 13.8 Å². The minimum Gasteiger partial charge on any atom is -0.490 e. The quantitative estimate of drug-likeness (QED) is 0.884. The summed E-state index contributed by atoms with van der Waals surface area (Å²) in [4.78, 5) is 11.9. The molecular weight excluding hydrogens is 266 g/mol. The van der Waals surface area contributed by atoms with Crippen LogP contribution in [0.4, 0.5) is 5.69 Å². The van der Waals surface area contributed by atoms with E-state index in [0.29, 0.717) is 18.1 Å². The van der Waals surface area contributed by atoms with Crippen molar-refractivity contribution in [3.63, 3.8) is 0 Å². The minimum absolute atomic E-state index is 0.0575. The normalized spacial score (nSPS) is 10.0. The fourth-order valence-corrected chi connectivity index (χ4v) is 1.91. The second-order valence-corrected chi connectivity index (χ2v) is 4.59. The summed E-state index contributed by atoms with van der Waals surface area (Å²) in [6.45, 7) is 4.37. The number of ether oxygens (including phenoxy) is 2. The Morgan fingerprint density at radius 1 is 1.05 bits per heavy atom. The molecule has 2 aromatic rings. The molecular formula is C17H19NO3. The van der Waals surface area contributed by atoms with E-state index < -0.39 is 0 Å². The third-order valence-electron chi connectivity index (χ3n) is 2.81. The van der Waals surface area contributed by atoms with Crippen molar-refractivity contribution in [1.29, 1.82) is 0 Å². The van der Waals surface area contributed by atoms with Crippen LogP contribution in [0.15, 0.2) is 48.5 Å². The van der Waals surface area contributed by atoms with Gasteiger partial charge in [-0.3, -0.25) is 4.79 Å². The van der Waals surface area contributed by atoms with Gasteiger partial charge in [-0.05, 0) is 43.7 Å². The molecule has 0 saturated carbocycles. The molecule has 0 radical (unpaired) electrons. The molecule has 110 valence electrons. The third kappa shape index (κ3) is 4.53. The van der Waals surface area contributed by atoms with E-state index in [2.05, 4.69) is 5.32 Å². The van der Waals surface area contributed by atoms with Crippen molar-refractivity contribution in [2.24, 2.45) is 0 Å². The number of rotatable bonds is 6. The number of anilines is 1. The molecule has 21 heavy (non-hydrogen) atoms. The van der Waals surface area contributed by atoms with Crippen LogP contribution in [0.5, 0.6) is 11.5 Å². The van der Waals surface area contributed by atoms with E-state index in [1.54, 1.807) is 6.07 Å². The average Bonchev–Trinajstić information content (AvgIpc) is 2.47. The van der Waals surface area contributed by atoms with Crippen molar-refractivity contribution in [3.8, 4) is 11.5 Å². The van der Waals surface area contributed by atoms with Crippen LogP contribution >= 0.6 is 0 Å². The van der Waals surface area contributed by atoms with Crippen LogP contribution in [0.3, 0.4) is 0 Å². The molecule has 2 rings (SSSR count). The van der Waals surface area contributed by atoms with E-state index in [0.717, 1.165) is 11.3 Å². The molecule has 0 aliphatic carbocycles. The molecule has 0 bridgehead atoms. The number of benzene rings is 2. The van der Waals surface area contributed by atoms with Crippen LogP contribution in [0, 0.1) is 6.92 Å². The summed E-state index contributed by atoms with van der Waals surface area (Å²) >= 11 is 0. The van der Waals surface area contributed by atoms with Gasteiger partial charge in [0.15, 0.2) is 18.1 Å². The van der Waals surface area contributed by atoms with Crippen molar-refractivity contribution in [2.75, 3.05) is 18.5 Å². The number of hydrogen-bond donors (Lipinski definition) is 1. The van der Waals surface area contributed by atoms with Gasteiger partial charge in [0.2, 0.25) is 0 Å². The third-order valence-corrected chi connectivity index (χ3v) is 2.81. The topological polar surface area (TPSA) is 47.6 Å². The number of hydrogen-bond acceptors (Lipinski definition) is 3. The van der Waals surface area contributed by atoms with Crippen LogP contribution in [0.2, 0.25) is 0 Å². The summed E-state index contributed by atoms with van der Waals surface area (Å²) in [6, 6.07) is 14.9. The maximum atomic E-state index is 11.9. The number of para-hydroxylation sites is 2. The summed E-state index contributed by atoms with van der Waals surface area (Å²) in [6.07, 6.45) is 0. The number of carbonyl (C=O) groups excluding carboxylic acids is 1. The molecule has 0 atom stereocenters. The van der Waals surface area contributed by atoms with Gasteiger partial charge in [0.1, 0.15) is 0 Å². The highest BCUT2D eigenvalue weighted by molar-refractivity contribution is 5.91. The van der Waals surface area contributed by atoms with Gasteiger partial charge in [-0.25, -0.2) is 0 Å². The van der Waals surface area contributed by atoms with Crippen molar-refractivity contribution in [3.05, 3.63) is 54.1 Å². The Morgan fingerprint density at radius 2 is 1.76 bits per heavy atom. The number of aryl methyl sites for hydroxylation is 1. The first-order valence-corrected chi connectivity index (χ1v) is 6.90. The van der Waals surface area contributed by atoms with Crippen molar-refractivity contribution >= 4 is 11.6 Å². The second kappa shape index (κ2) is 7.33. The molecule has 0 aliphatic heterocycles. The molecule has 4 nitrogen and oxygen atoms in total. The van der Waals surface area contributed by atoms with Crippen LogP contribution in [0.1, 0.15) is 12.5 Å². The molecule has 0 aromatic heterocycles. The molecule has 0 aliphatic rings. The van der Waals surface area contributed by atoms with E-state index in [4.69, 9.17) is 9.47 Å². The fraction of sp³-hybridized carbons (Fsp3) is 0.235. The SMILES string of the molecule is CCOc1ccccc1OCC(=O)Nc1cccc(C)c1. The first-order chi connectivity index (χ1) is 10.2. The number of carbonyl (C=O) groups is 1. The Hall–Kier alpha value is -2.49. The van der Waals surface area contributed by atoms with E-state index >= 15 is 0 Å². The Bertz CT molecular complexity index is 610. The van der Waals surface area contributed by atoms with E-state index in [1.807, 2.05) is 56.3 Å². The lowest BCUT2D eigenvalue weighted by Gasteiger charge is -2.11. The Morgan fingerprint density at radius 3 is 2.43 bits per heavy atom. The first kappa shape index (κ1) is 14.9. The second-order valence-electron chi connectivity index (χ2n) is 4.59. The zero-order chi connectivity index (χ0) is 15.1. The highest BCUT2D eigenvalue weighted by Crippen LogP contribution is 2.26. The lowest BCUT2D eigenvalue weighted by atomic mass is 10.2. The summed E-state index contributed by atoms with van der Waals surface area (Å²) in [5.41, 5.74) is 1.86. The summed E-state index contributed by atoms with van der Waals surface area (Å²) in [7, 11) is 0.